The van der Waals surface area contributed by atoms with Gasteiger partial charge in [-0.3, -0.25) is 14.2 Å². The minimum absolute atomic E-state index is 0.0339. The van der Waals surface area contributed by atoms with Crippen LogP contribution in [0.15, 0.2) is 72.9 Å². The fourth-order valence-corrected chi connectivity index (χ4v) is 9.82. The summed E-state index contributed by atoms with van der Waals surface area (Å²) >= 11 is 0. The standard InChI is InChI=1S/C67H123N2O7P/c1-7-10-13-16-19-22-25-27-29-31-32-33-34-35-36-38-40-42-45-48-51-54-57-60-67(71)76-65(58-55-52-49-46-43-24-21-18-15-12-9-3)64(63-75-77(72,73)74-62-61-69(4,5)6)68-66(70)59-56-53-50-47-44-41-39-37-30-28-26-23-20-17-14-11-8-2/h20,23,27-30,39,41,47,50,55,58,64-65H,7-19,21-22,24-26,31-38,40,42-46,48-49,51-54,56-57,59-63H2,1-6H3,(H-,68,70,72,73)/b23-20-,29-27+,30-28-,41-39-,50-47-,58-55-. The van der Waals surface area contributed by atoms with Crippen LogP contribution in [0.25, 0.3) is 0 Å². The van der Waals surface area contributed by atoms with Crippen molar-refractivity contribution in [3.8, 4) is 0 Å². The number of ether oxygens (including phenoxy) is 1. The molecule has 3 unspecified atom stereocenters. The molecule has 9 nitrogen and oxygen atoms in total. The van der Waals surface area contributed by atoms with Crippen LogP contribution in [0, 0.1) is 0 Å². The van der Waals surface area contributed by atoms with E-state index in [0.717, 1.165) is 64.2 Å². The Balaban J connectivity index is 5.19. The predicted molar refractivity (Wildman–Crippen MR) is 330 cm³/mol. The van der Waals surface area contributed by atoms with Crippen molar-refractivity contribution in [1.82, 2.24) is 5.32 Å². The van der Waals surface area contributed by atoms with Gasteiger partial charge >= 0.3 is 5.97 Å². The Morgan fingerprint density at radius 1 is 0.455 bits per heavy atom. The number of unbranched alkanes of at least 4 members (excludes halogenated alkanes) is 32. The second-order valence-electron chi connectivity index (χ2n) is 22.9. The number of phosphoric acid groups is 1. The first-order chi connectivity index (χ1) is 37.4. The van der Waals surface area contributed by atoms with Crippen LogP contribution in [-0.2, 0) is 27.9 Å². The van der Waals surface area contributed by atoms with Crippen molar-refractivity contribution >= 4 is 19.7 Å². The van der Waals surface area contributed by atoms with Crippen molar-refractivity contribution in [2.45, 2.75) is 303 Å². The SMILES string of the molecule is CCCCC/C=C\C/C=C\C/C=C\C/C=C\CCCC(=O)NC(COP(=O)([O-])OCC[N+](C)(C)C)C(/C=C\CCCCCCCCCCC)OC(=O)CCCCCCCCCCCCCCC/C=C/CCCCCCCC. The number of quaternary nitrogens is 1. The van der Waals surface area contributed by atoms with Crippen LogP contribution in [-0.4, -0.2) is 69.4 Å². The quantitative estimate of drug-likeness (QED) is 0.0212. The number of carbonyl (C=O) groups is 2. The third-order valence-electron chi connectivity index (χ3n) is 14.1. The summed E-state index contributed by atoms with van der Waals surface area (Å²) in [5, 5.41) is 2.99. The average molecular weight is 1100 g/mol. The number of likely N-dealkylation sites (N-methyl/N-ethyl adjacent to an activating group) is 1. The molecule has 0 radical (unpaired) electrons. The molecule has 0 saturated carbocycles. The first-order valence-corrected chi connectivity index (χ1v) is 33.7. The van der Waals surface area contributed by atoms with Gasteiger partial charge in [0.25, 0.3) is 7.82 Å². The molecule has 10 heteroatoms. The zero-order chi connectivity index (χ0) is 56.4. The summed E-state index contributed by atoms with van der Waals surface area (Å²) in [4.78, 5) is 40.0. The highest BCUT2D eigenvalue weighted by Gasteiger charge is 2.27. The van der Waals surface area contributed by atoms with E-state index in [1.54, 1.807) is 0 Å². The molecule has 0 aromatic carbocycles. The van der Waals surface area contributed by atoms with Gasteiger partial charge in [-0.25, -0.2) is 0 Å². The molecular formula is C67H123N2O7P. The van der Waals surface area contributed by atoms with E-state index in [9.17, 15) is 19.0 Å². The number of rotatable bonds is 58. The molecule has 1 amide bonds. The number of nitrogens with one attached hydrogen (secondary N) is 1. The third-order valence-corrected chi connectivity index (χ3v) is 15.1. The van der Waals surface area contributed by atoms with E-state index in [1.807, 2.05) is 33.3 Å². The summed E-state index contributed by atoms with van der Waals surface area (Å²) in [6.07, 6.45) is 73.2. The van der Waals surface area contributed by atoms with Crippen molar-refractivity contribution in [1.29, 1.82) is 0 Å². The van der Waals surface area contributed by atoms with Gasteiger partial charge in [0.1, 0.15) is 19.3 Å². The normalized spacial score (nSPS) is 14.1. The van der Waals surface area contributed by atoms with Gasteiger partial charge in [-0.15, -0.1) is 0 Å². The molecule has 0 heterocycles. The van der Waals surface area contributed by atoms with Gasteiger partial charge in [-0.2, -0.15) is 0 Å². The zero-order valence-electron chi connectivity index (χ0n) is 51.2. The monoisotopic (exact) mass is 1100 g/mol. The summed E-state index contributed by atoms with van der Waals surface area (Å²) in [5.74, 6) is -0.603. The first-order valence-electron chi connectivity index (χ1n) is 32.2. The average Bonchev–Trinajstić information content (AvgIpc) is 3.39. The number of esters is 1. The maximum absolute atomic E-state index is 13.5. The number of carbonyl (C=O) groups excluding carboxylic acids is 2. The van der Waals surface area contributed by atoms with E-state index in [2.05, 4.69) is 86.8 Å². The number of phosphoric ester groups is 1. The van der Waals surface area contributed by atoms with E-state index in [1.165, 1.54) is 186 Å². The Bertz CT molecular complexity index is 1550. The molecule has 0 aliphatic heterocycles. The Kier molecular flexibility index (Phi) is 54.8. The Labute approximate surface area is 476 Å². The first kappa shape index (κ1) is 74.5. The highest BCUT2D eigenvalue weighted by Crippen LogP contribution is 2.38. The second kappa shape index (κ2) is 56.7. The molecule has 0 spiro atoms. The summed E-state index contributed by atoms with van der Waals surface area (Å²) in [6, 6.07) is -0.918. The van der Waals surface area contributed by atoms with Gasteiger partial charge in [0, 0.05) is 12.8 Å². The fraction of sp³-hybridized carbons (Fsp3) is 0.791. The third kappa shape index (κ3) is 57.9. The van der Waals surface area contributed by atoms with Crippen molar-refractivity contribution in [3.63, 3.8) is 0 Å². The van der Waals surface area contributed by atoms with Crippen LogP contribution in [0.3, 0.4) is 0 Å². The smallest absolute Gasteiger partial charge is 0.306 e. The molecule has 0 saturated heterocycles. The number of allylic oxidation sites excluding steroid dienone is 11. The highest BCUT2D eigenvalue weighted by molar-refractivity contribution is 7.45. The Morgan fingerprint density at radius 3 is 1.25 bits per heavy atom. The van der Waals surface area contributed by atoms with Crippen LogP contribution in [0.1, 0.15) is 290 Å². The Hall–Kier alpha value is -2.55. The summed E-state index contributed by atoms with van der Waals surface area (Å²) in [6.45, 7) is 6.78. The van der Waals surface area contributed by atoms with Crippen LogP contribution >= 0.6 is 7.82 Å². The lowest BCUT2D eigenvalue weighted by molar-refractivity contribution is -0.870. The predicted octanol–water partition coefficient (Wildman–Crippen LogP) is 19.4. The van der Waals surface area contributed by atoms with Crippen LogP contribution in [0.2, 0.25) is 0 Å². The van der Waals surface area contributed by atoms with Crippen molar-refractivity contribution in [3.05, 3.63) is 72.9 Å². The molecule has 448 valence electrons. The molecule has 0 bridgehead atoms. The molecule has 0 rings (SSSR count). The molecule has 77 heavy (non-hydrogen) atoms. The van der Waals surface area contributed by atoms with Crippen LogP contribution in [0.4, 0.5) is 0 Å². The van der Waals surface area contributed by atoms with Gasteiger partial charge in [0.05, 0.1) is 33.8 Å². The molecule has 3 atom stereocenters. The van der Waals surface area contributed by atoms with E-state index < -0.39 is 26.6 Å². The highest BCUT2D eigenvalue weighted by atomic mass is 31.2. The number of hydrogen-bond acceptors (Lipinski definition) is 7. The molecule has 0 aliphatic rings. The van der Waals surface area contributed by atoms with Gasteiger partial charge in [-0.05, 0) is 96.0 Å². The van der Waals surface area contributed by atoms with E-state index >= 15 is 0 Å². The van der Waals surface area contributed by atoms with Crippen LogP contribution < -0.4 is 10.2 Å². The second-order valence-corrected chi connectivity index (χ2v) is 24.3. The van der Waals surface area contributed by atoms with Crippen LogP contribution in [0.5, 0.6) is 0 Å². The van der Waals surface area contributed by atoms with E-state index in [-0.39, 0.29) is 31.3 Å². The summed E-state index contributed by atoms with van der Waals surface area (Å²) in [5.41, 5.74) is 0. The molecule has 0 aliphatic carbocycles. The molecule has 1 N–H and O–H groups in total. The van der Waals surface area contributed by atoms with Gasteiger partial charge in [0.15, 0.2) is 0 Å². The lowest BCUT2D eigenvalue weighted by Crippen LogP contribution is -2.47. The largest absolute Gasteiger partial charge is 0.756 e. The maximum Gasteiger partial charge on any atom is 0.306 e. The van der Waals surface area contributed by atoms with E-state index in [4.69, 9.17) is 13.8 Å². The van der Waals surface area contributed by atoms with Crippen molar-refractivity contribution in [2.24, 2.45) is 0 Å². The topological polar surface area (TPSA) is 114 Å². The molecular weight excluding hydrogens is 976 g/mol. The minimum Gasteiger partial charge on any atom is -0.756 e. The summed E-state index contributed by atoms with van der Waals surface area (Å²) < 4.78 is 30.3. The maximum atomic E-state index is 13.5. The Morgan fingerprint density at radius 2 is 0.805 bits per heavy atom. The van der Waals surface area contributed by atoms with Gasteiger partial charge in [0.2, 0.25) is 5.91 Å². The van der Waals surface area contributed by atoms with Gasteiger partial charge < -0.3 is 28.5 Å². The van der Waals surface area contributed by atoms with Crippen molar-refractivity contribution < 1.29 is 37.3 Å². The number of nitrogens with zero attached hydrogens (tertiary/aromatic N) is 1. The molecule has 0 aromatic rings. The lowest BCUT2D eigenvalue weighted by Gasteiger charge is -2.30. The van der Waals surface area contributed by atoms with Gasteiger partial charge in [-0.1, -0.05) is 255 Å². The fourth-order valence-electron chi connectivity index (χ4n) is 9.10. The summed E-state index contributed by atoms with van der Waals surface area (Å²) in [7, 11) is 1.15. The lowest BCUT2D eigenvalue weighted by atomic mass is 10.0. The van der Waals surface area contributed by atoms with Crippen molar-refractivity contribution in [2.75, 3.05) is 40.9 Å². The molecule has 0 fully saturated rings. The molecule has 0 aromatic heterocycles. The number of amides is 1. The zero-order valence-corrected chi connectivity index (χ0v) is 52.0. The minimum atomic E-state index is -4.71. The van der Waals surface area contributed by atoms with E-state index in [0.29, 0.717) is 17.4 Å². The number of hydrogen-bond donors (Lipinski definition) is 1.